The van der Waals surface area contributed by atoms with Crippen LogP contribution in [-0.2, 0) is 19.9 Å². The fraction of sp³-hybridized carbons (Fsp3) is 0.538. The molecule has 0 saturated carbocycles. The highest BCUT2D eigenvalue weighted by atomic mass is 35.5. The molecule has 1 rings (SSSR count). The maximum absolute atomic E-state index is 11.9. The summed E-state index contributed by atoms with van der Waals surface area (Å²) in [5, 5.41) is 0. The highest BCUT2D eigenvalue weighted by Crippen LogP contribution is 2.16. The Morgan fingerprint density at radius 2 is 1.74 bits per heavy atom. The lowest BCUT2D eigenvalue weighted by Gasteiger charge is -2.08. The van der Waals surface area contributed by atoms with Crippen LogP contribution < -0.4 is 15.2 Å². The van der Waals surface area contributed by atoms with Crippen molar-refractivity contribution < 1.29 is 21.6 Å². The van der Waals surface area contributed by atoms with Gasteiger partial charge < -0.3 is 10.5 Å². The number of hydrogen-bond donors (Lipinski definition) is 2. The van der Waals surface area contributed by atoms with Gasteiger partial charge in [-0.15, -0.1) is 12.4 Å². The summed E-state index contributed by atoms with van der Waals surface area (Å²) < 4.78 is 54.2. The number of rotatable bonds is 10. The van der Waals surface area contributed by atoms with Gasteiger partial charge >= 0.3 is 0 Å². The molecule has 0 aliphatic heterocycles. The Morgan fingerprint density at radius 3 is 2.26 bits per heavy atom. The molecule has 7 nitrogen and oxygen atoms in total. The molecule has 0 aromatic heterocycles. The van der Waals surface area contributed by atoms with Gasteiger partial charge in [-0.25, -0.2) is 21.6 Å². The summed E-state index contributed by atoms with van der Waals surface area (Å²) in [5.41, 5.74) is 5.31. The lowest BCUT2D eigenvalue weighted by Crippen LogP contribution is -2.26. The van der Waals surface area contributed by atoms with Gasteiger partial charge in [-0.3, -0.25) is 0 Å². The molecule has 0 aliphatic carbocycles. The number of halogens is 1. The number of nitrogens with two attached hydrogens (primary N) is 1. The second-order valence-corrected chi connectivity index (χ2v) is 8.84. The van der Waals surface area contributed by atoms with Gasteiger partial charge in [-0.05, 0) is 37.2 Å². The molecular formula is C13H23ClN2O5S2. The average Bonchev–Trinajstić information content (AvgIpc) is 2.48. The molecule has 0 atom stereocenters. The van der Waals surface area contributed by atoms with Gasteiger partial charge in [0.1, 0.15) is 12.4 Å². The van der Waals surface area contributed by atoms with E-state index < -0.39 is 19.9 Å². The molecule has 0 amide bonds. The third-order valence-electron chi connectivity index (χ3n) is 2.91. The molecule has 134 valence electrons. The van der Waals surface area contributed by atoms with Crippen molar-refractivity contribution in [3.8, 4) is 5.75 Å². The maximum Gasteiger partial charge on any atom is 0.240 e. The summed E-state index contributed by atoms with van der Waals surface area (Å²) in [6.07, 6.45) is 0.562. The first-order valence-corrected chi connectivity index (χ1v) is 10.2. The predicted molar refractivity (Wildman–Crippen MR) is 92.4 cm³/mol. The Labute approximate surface area is 144 Å². The van der Waals surface area contributed by atoms with Crippen molar-refractivity contribution in [1.29, 1.82) is 0 Å². The zero-order valence-corrected chi connectivity index (χ0v) is 15.3. The highest BCUT2D eigenvalue weighted by molar-refractivity contribution is 7.91. The fourth-order valence-electron chi connectivity index (χ4n) is 1.54. The van der Waals surface area contributed by atoms with Gasteiger partial charge in [-0.1, -0.05) is 6.92 Å². The molecule has 10 heteroatoms. The minimum atomic E-state index is -3.55. The molecule has 1 aromatic rings. The first kappa shape index (κ1) is 22.1. The van der Waals surface area contributed by atoms with E-state index in [9.17, 15) is 16.8 Å². The minimum Gasteiger partial charge on any atom is -0.493 e. The van der Waals surface area contributed by atoms with Crippen LogP contribution >= 0.6 is 12.4 Å². The fourth-order valence-corrected chi connectivity index (χ4v) is 3.24. The number of hydrogen-bond acceptors (Lipinski definition) is 6. The van der Waals surface area contributed by atoms with Crippen molar-refractivity contribution in [2.45, 2.75) is 18.2 Å². The Morgan fingerprint density at radius 1 is 1.13 bits per heavy atom. The molecule has 0 bridgehead atoms. The van der Waals surface area contributed by atoms with Crippen molar-refractivity contribution in [3.63, 3.8) is 0 Å². The van der Waals surface area contributed by atoms with E-state index in [0.717, 1.165) is 0 Å². The number of benzene rings is 1. The second kappa shape index (κ2) is 10.1. The van der Waals surface area contributed by atoms with E-state index in [4.69, 9.17) is 10.5 Å². The van der Waals surface area contributed by atoms with Crippen molar-refractivity contribution in [2.24, 2.45) is 5.73 Å². The minimum absolute atomic E-state index is 0. The lowest BCUT2D eigenvalue weighted by atomic mass is 10.3. The van der Waals surface area contributed by atoms with Crippen molar-refractivity contribution >= 4 is 32.3 Å². The highest BCUT2D eigenvalue weighted by Gasteiger charge is 2.13. The Hall–Kier alpha value is -0.870. The number of nitrogens with one attached hydrogen (secondary N) is 1. The van der Waals surface area contributed by atoms with Crippen LogP contribution in [0, 0.1) is 0 Å². The standard InChI is InChI=1S/C13H22N2O5S2.ClH/c1-2-21(16,17)11-10-20-12-4-6-13(7-5-12)22(18,19)15-9-3-8-14;/h4-7,15H,2-3,8-11,14H2,1H3;1H. The molecule has 1 aromatic carbocycles. The Kier molecular flexibility index (Phi) is 9.71. The normalized spacial score (nSPS) is 11.7. The summed E-state index contributed by atoms with van der Waals surface area (Å²) in [7, 11) is -6.63. The molecular weight excluding hydrogens is 364 g/mol. The summed E-state index contributed by atoms with van der Waals surface area (Å²) in [4.78, 5) is 0.123. The molecule has 0 spiro atoms. The molecule has 0 saturated heterocycles. The zero-order valence-electron chi connectivity index (χ0n) is 12.9. The van der Waals surface area contributed by atoms with E-state index in [1.165, 1.54) is 24.3 Å². The van der Waals surface area contributed by atoms with Crippen LogP contribution in [0.2, 0.25) is 0 Å². The first-order valence-electron chi connectivity index (χ1n) is 6.94. The largest absolute Gasteiger partial charge is 0.493 e. The Bertz CT molecular complexity index is 660. The number of sulfonamides is 1. The van der Waals surface area contributed by atoms with E-state index in [2.05, 4.69) is 4.72 Å². The summed E-state index contributed by atoms with van der Waals surface area (Å²) in [5.74, 6) is 0.429. The van der Waals surface area contributed by atoms with Crippen molar-refractivity contribution in [2.75, 3.05) is 31.2 Å². The van der Waals surface area contributed by atoms with Crippen molar-refractivity contribution in [3.05, 3.63) is 24.3 Å². The maximum atomic E-state index is 11.9. The van der Waals surface area contributed by atoms with Crippen LogP contribution in [0.5, 0.6) is 5.75 Å². The van der Waals surface area contributed by atoms with E-state index >= 15 is 0 Å². The van der Waals surface area contributed by atoms with Crippen LogP contribution in [-0.4, -0.2) is 48.0 Å². The van der Waals surface area contributed by atoms with Crippen LogP contribution in [0.1, 0.15) is 13.3 Å². The summed E-state index contributed by atoms with van der Waals surface area (Å²) >= 11 is 0. The molecule has 0 radical (unpaired) electrons. The van der Waals surface area contributed by atoms with E-state index in [-0.39, 0.29) is 42.0 Å². The van der Waals surface area contributed by atoms with Crippen LogP contribution in [0.4, 0.5) is 0 Å². The van der Waals surface area contributed by atoms with Gasteiger partial charge in [0.15, 0.2) is 9.84 Å². The van der Waals surface area contributed by atoms with Crippen LogP contribution in [0.25, 0.3) is 0 Å². The first-order chi connectivity index (χ1) is 10.3. The topological polar surface area (TPSA) is 116 Å². The van der Waals surface area contributed by atoms with E-state index in [0.29, 0.717) is 18.7 Å². The molecule has 0 heterocycles. The Balaban J connectivity index is 0.00000484. The smallest absolute Gasteiger partial charge is 0.240 e. The molecule has 0 fully saturated rings. The lowest BCUT2D eigenvalue weighted by molar-refractivity contribution is 0.340. The SMILES string of the molecule is CCS(=O)(=O)CCOc1ccc(S(=O)(=O)NCCCN)cc1.Cl. The predicted octanol–water partition coefficient (Wildman–Crippen LogP) is 0.549. The van der Waals surface area contributed by atoms with Crippen molar-refractivity contribution in [1.82, 2.24) is 4.72 Å². The second-order valence-electron chi connectivity index (χ2n) is 4.60. The number of ether oxygens (including phenoxy) is 1. The summed E-state index contributed by atoms with van der Waals surface area (Å²) in [6.45, 7) is 2.31. The van der Waals surface area contributed by atoms with E-state index in [1.807, 2.05) is 0 Å². The van der Waals surface area contributed by atoms with Gasteiger partial charge in [0.05, 0.1) is 10.6 Å². The number of sulfone groups is 1. The third kappa shape index (κ3) is 7.98. The molecule has 0 aliphatic rings. The zero-order chi connectivity index (χ0) is 16.6. The molecule has 0 unspecified atom stereocenters. The quantitative estimate of drug-likeness (QED) is 0.567. The molecule has 23 heavy (non-hydrogen) atoms. The van der Waals surface area contributed by atoms with Gasteiger partial charge in [0.25, 0.3) is 0 Å². The molecule has 3 N–H and O–H groups in total. The monoisotopic (exact) mass is 386 g/mol. The van der Waals surface area contributed by atoms with Gasteiger partial charge in [0, 0.05) is 12.3 Å². The van der Waals surface area contributed by atoms with Gasteiger partial charge in [0.2, 0.25) is 10.0 Å². The average molecular weight is 387 g/mol. The van der Waals surface area contributed by atoms with Crippen LogP contribution in [0.3, 0.4) is 0 Å². The third-order valence-corrected chi connectivity index (χ3v) is 6.06. The van der Waals surface area contributed by atoms with Gasteiger partial charge in [-0.2, -0.15) is 0 Å². The van der Waals surface area contributed by atoms with Crippen LogP contribution in [0.15, 0.2) is 29.2 Å². The summed E-state index contributed by atoms with van der Waals surface area (Å²) in [6, 6.07) is 5.81. The van der Waals surface area contributed by atoms with E-state index in [1.54, 1.807) is 6.92 Å².